The van der Waals surface area contributed by atoms with E-state index in [9.17, 15) is 0 Å². The number of benzene rings is 2. The van der Waals surface area contributed by atoms with Crippen LogP contribution in [0.2, 0.25) is 0 Å². The molecule has 0 radical (unpaired) electrons. The second kappa shape index (κ2) is 13.8. The molecule has 0 aliphatic rings. The maximum atomic E-state index is 3.60. The molecular formula is C28H36. The second-order valence-corrected chi connectivity index (χ2v) is 7.51. The fourth-order valence-electron chi connectivity index (χ4n) is 3.51. The highest BCUT2D eigenvalue weighted by Gasteiger charge is 2.10. The lowest BCUT2D eigenvalue weighted by atomic mass is 9.90. The molecule has 0 heteroatoms. The average Bonchev–Trinajstić information content (AvgIpc) is 2.75. The summed E-state index contributed by atoms with van der Waals surface area (Å²) in [5.74, 6) is 7.10. The molecule has 148 valence electrons. The zero-order valence-electron chi connectivity index (χ0n) is 17.8. The Bertz CT molecular complexity index is 699. The molecule has 0 bridgehead atoms. The summed E-state index contributed by atoms with van der Waals surface area (Å²) < 4.78 is 0. The molecule has 0 spiro atoms. The SMILES string of the molecule is CCCCCCC#CC(CCCCCC)=C(c1ccccc1)c1ccccc1. The quantitative estimate of drug-likeness (QED) is 0.274. The van der Waals surface area contributed by atoms with Crippen molar-refractivity contribution in [3.8, 4) is 11.8 Å². The van der Waals surface area contributed by atoms with Crippen LogP contribution in [0, 0.1) is 11.8 Å². The van der Waals surface area contributed by atoms with Crippen LogP contribution in [0.25, 0.3) is 5.57 Å². The van der Waals surface area contributed by atoms with Crippen molar-refractivity contribution in [1.29, 1.82) is 0 Å². The molecule has 0 atom stereocenters. The van der Waals surface area contributed by atoms with Crippen molar-refractivity contribution in [3.63, 3.8) is 0 Å². The van der Waals surface area contributed by atoms with Gasteiger partial charge in [0.05, 0.1) is 0 Å². The summed E-state index contributed by atoms with van der Waals surface area (Å²) in [4.78, 5) is 0. The fraction of sp³-hybridized carbons (Fsp3) is 0.429. The third-order valence-electron chi connectivity index (χ3n) is 5.10. The van der Waals surface area contributed by atoms with Gasteiger partial charge in [0.1, 0.15) is 0 Å². The van der Waals surface area contributed by atoms with Crippen LogP contribution in [0.1, 0.15) is 89.2 Å². The van der Waals surface area contributed by atoms with Gasteiger partial charge in [-0.3, -0.25) is 0 Å². The Morgan fingerprint density at radius 2 is 1.18 bits per heavy atom. The van der Waals surface area contributed by atoms with E-state index in [2.05, 4.69) is 86.4 Å². The molecule has 0 heterocycles. The molecule has 0 saturated carbocycles. The van der Waals surface area contributed by atoms with E-state index in [-0.39, 0.29) is 0 Å². The summed E-state index contributed by atoms with van der Waals surface area (Å²) >= 11 is 0. The highest BCUT2D eigenvalue weighted by Crippen LogP contribution is 2.29. The molecule has 0 fully saturated rings. The van der Waals surface area contributed by atoms with Crippen molar-refractivity contribution in [1.82, 2.24) is 0 Å². The number of allylic oxidation sites excluding steroid dienone is 1. The van der Waals surface area contributed by atoms with E-state index >= 15 is 0 Å². The van der Waals surface area contributed by atoms with Gasteiger partial charge in [-0.15, -0.1) is 0 Å². The molecule has 0 nitrogen and oxygen atoms in total. The van der Waals surface area contributed by atoms with Crippen molar-refractivity contribution < 1.29 is 0 Å². The van der Waals surface area contributed by atoms with Crippen molar-refractivity contribution in [2.75, 3.05) is 0 Å². The summed E-state index contributed by atoms with van der Waals surface area (Å²) in [6, 6.07) is 21.6. The van der Waals surface area contributed by atoms with Crippen molar-refractivity contribution in [2.24, 2.45) is 0 Å². The number of unbranched alkanes of at least 4 members (excludes halogenated alkanes) is 7. The standard InChI is InChI=1S/C28H36/c1-3-5-7-9-10-14-20-25(19-13-8-6-4-2)28(26-21-15-11-16-22-26)27-23-17-12-18-24-27/h11-12,15-18,21-24H,3-10,13,19H2,1-2H3. The summed E-state index contributed by atoms with van der Waals surface area (Å²) in [5, 5.41) is 0. The first-order valence-corrected chi connectivity index (χ1v) is 11.2. The predicted octanol–water partition coefficient (Wildman–Crippen LogP) is 8.43. The summed E-state index contributed by atoms with van der Waals surface area (Å²) in [7, 11) is 0. The average molecular weight is 373 g/mol. The third-order valence-corrected chi connectivity index (χ3v) is 5.10. The summed E-state index contributed by atoms with van der Waals surface area (Å²) in [6.45, 7) is 4.53. The monoisotopic (exact) mass is 372 g/mol. The van der Waals surface area contributed by atoms with Crippen LogP contribution in [0.5, 0.6) is 0 Å². The maximum absolute atomic E-state index is 3.60. The van der Waals surface area contributed by atoms with Crippen LogP contribution in [0.15, 0.2) is 66.2 Å². The van der Waals surface area contributed by atoms with E-state index in [1.165, 1.54) is 73.6 Å². The summed E-state index contributed by atoms with van der Waals surface area (Å²) in [5.41, 5.74) is 5.18. The molecule has 28 heavy (non-hydrogen) atoms. The van der Waals surface area contributed by atoms with Crippen LogP contribution in [0.3, 0.4) is 0 Å². The normalized spacial score (nSPS) is 10.2. The minimum absolute atomic E-state index is 1.01. The van der Waals surface area contributed by atoms with Gasteiger partial charge in [0, 0.05) is 17.6 Å². The number of hydrogen-bond acceptors (Lipinski definition) is 0. The number of rotatable bonds is 11. The molecule has 0 aliphatic carbocycles. The van der Waals surface area contributed by atoms with Crippen LogP contribution in [0.4, 0.5) is 0 Å². The van der Waals surface area contributed by atoms with E-state index in [0.717, 1.165) is 12.8 Å². The number of hydrogen-bond donors (Lipinski definition) is 0. The zero-order valence-corrected chi connectivity index (χ0v) is 17.8. The van der Waals surface area contributed by atoms with Gasteiger partial charge in [-0.25, -0.2) is 0 Å². The molecule has 2 aromatic rings. The van der Waals surface area contributed by atoms with Gasteiger partial charge in [0.2, 0.25) is 0 Å². The minimum Gasteiger partial charge on any atom is -0.0982 e. The van der Waals surface area contributed by atoms with Crippen molar-refractivity contribution >= 4 is 5.57 Å². The van der Waals surface area contributed by atoms with E-state index in [0.29, 0.717) is 0 Å². The topological polar surface area (TPSA) is 0 Å². The maximum Gasteiger partial charge on any atom is 0.0105 e. The fourth-order valence-corrected chi connectivity index (χ4v) is 3.51. The van der Waals surface area contributed by atoms with Gasteiger partial charge >= 0.3 is 0 Å². The molecule has 0 N–H and O–H groups in total. The van der Waals surface area contributed by atoms with Gasteiger partial charge in [0.15, 0.2) is 0 Å². The summed E-state index contributed by atoms with van der Waals surface area (Å²) in [6.07, 6.45) is 12.3. The predicted molar refractivity (Wildman–Crippen MR) is 124 cm³/mol. The third kappa shape index (κ3) is 7.77. The molecule has 0 unspecified atom stereocenters. The van der Waals surface area contributed by atoms with Crippen molar-refractivity contribution in [2.45, 2.75) is 78.1 Å². The Labute approximate surface area is 173 Å². The molecule has 0 aliphatic heterocycles. The lowest BCUT2D eigenvalue weighted by Gasteiger charge is -2.13. The van der Waals surface area contributed by atoms with E-state index in [4.69, 9.17) is 0 Å². The highest BCUT2D eigenvalue weighted by molar-refractivity contribution is 5.84. The zero-order chi connectivity index (χ0) is 19.9. The van der Waals surface area contributed by atoms with Gasteiger partial charge in [-0.05, 0) is 30.4 Å². The Morgan fingerprint density at radius 1 is 0.643 bits per heavy atom. The van der Waals surface area contributed by atoms with Gasteiger partial charge in [-0.2, -0.15) is 0 Å². The molecule has 0 saturated heterocycles. The Kier molecular flexibility index (Phi) is 10.9. The first kappa shape index (κ1) is 22.0. The van der Waals surface area contributed by atoms with Gasteiger partial charge < -0.3 is 0 Å². The minimum atomic E-state index is 1.01. The first-order valence-electron chi connectivity index (χ1n) is 11.2. The molecule has 2 aromatic carbocycles. The Hall–Kier alpha value is -2.26. The second-order valence-electron chi connectivity index (χ2n) is 7.51. The first-order chi connectivity index (χ1) is 13.9. The molecular weight excluding hydrogens is 336 g/mol. The van der Waals surface area contributed by atoms with E-state index in [1.54, 1.807) is 0 Å². The van der Waals surface area contributed by atoms with Crippen LogP contribution < -0.4 is 0 Å². The lowest BCUT2D eigenvalue weighted by Crippen LogP contribution is -1.95. The van der Waals surface area contributed by atoms with Crippen LogP contribution in [-0.2, 0) is 0 Å². The lowest BCUT2D eigenvalue weighted by molar-refractivity contribution is 0.669. The van der Waals surface area contributed by atoms with E-state index < -0.39 is 0 Å². The van der Waals surface area contributed by atoms with Crippen LogP contribution >= 0.6 is 0 Å². The Balaban J connectivity index is 2.34. The van der Waals surface area contributed by atoms with Gasteiger partial charge in [0.25, 0.3) is 0 Å². The Morgan fingerprint density at radius 3 is 1.71 bits per heavy atom. The van der Waals surface area contributed by atoms with Crippen LogP contribution in [-0.4, -0.2) is 0 Å². The van der Waals surface area contributed by atoms with Crippen molar-refractivity contribution in [3.05, 3.63) is 77.4 Å². The largest absolute Gasteiger partial charge is 0.0982 e. The highest BCUT2D eigenvalue weighted by atomic mass is 14.1. The van der Waals surface area contributed by atoms with E-state index in [1.807, 2.05) is 0 Å². The molecule has 0 amide bonds. The molecule has 0 aromatic heterocycles. The molecule has 2 rings (SSSR count). The van der Waals surface area contributed by atoms with Gasteiger partial charge in [-0.1, -0.05) is 125 Å². The smallest absolute Gasteiger partial charge is 0.0105 e.